The Hall–Kier alpha value is -1.32. The van der Waals surface area contributed by atoms with Crippen molar-refractivity contribution in [2.24, 2.45) is 0 Å². The van der Waals surface area contributed by atoms with Gasteiger partial charge < -0.3 is 14.6 Å². The van der Waals surface area contributed by atoms with E-state index in [0.29, 0.717) is 13.2 Å². The largest absolute Gasteiger partial charge is 0.508 e. The molecule has 3 nitrogen and oxygen atoms in total. The molecule has 0 spiro atoms. The van der Waals surface area contributed by atoms with Crippen molar-refractivity contribution in [3.8, 4) is 5.75 Å². The van der Waals surface area contributed by atoms with E-state index in [0.717, 1.165) is 11.1 Å². The van der Waals surface area contributed by atoms with Gasteiger partial charge in [0, 0.05) is 0 Å². The molecule has 0 radical (unpaired) electrons. The topological polar surface area (TPSA) is 38.7 Å². The van der Waals surface area contributed by atoms with Crippen molar-refractivity contribution in [3.05, 3.63) is 35.4 Å². The zero-order valence-corrected chi connectivity index (χ0v) is 9.56. The maximum absolute atomic E-state index is 9.16. The molecule has 1 aliphatic rings. The number of phenols is 1. The highest BCUT2D eigenvalue weighted by Crippen LogP contribution is 2.22. The van der Waals surface area contributed by atoms with Gasteiger partial charge in [-0.05, 0) is 37.1 Å². The quantitative estimate of drug-likeness (QED) is 0.790. The van der Waals surface area contributed by atoms with Crippen LogP contribution in [0.15, 0.2) is 29.8 Å². The van der Waals surface area contributed by atoms with Crippen LogP contribution in [0.25, 0.3) is 6.08 Å². The summed E-state index contributed by atoms with van der Waals surface area (Å²) in [4.78, 5) is 0. The Morgan fingerprint density at radius 1 is 1.12 bits per heavy atom. The van der Waals surface area contributed by atoms with Gasteiger partial charge in [-0.1, -0.05) is 18.2 Å². The smallest absolute Gasteiger partial charge is 0.163 e. The van der Waals surface area contributed by atoms with Crippen LogP contribution in [0.4, 0.5) is 0 Å². The van der Waals surface area contributed by atoms with Gasteiger partial charge in [-0.2, -0.15) is 0 Å². The third kappa shape index (κ3) is 2.84. The second kappa shape index (κ2) is 4.28. The normalized spacial score (nSPS) is 19.5. The molecular weight excluding hydrogens is 204 g/mol. The molecule has 1 aromatic carbocycles. The highest BCUT2D eigenvalue weighted by atomic mass is 16.7. The minimum atomic E-state index is -0.480. The number of hydrogen-bond acceptors (Lipinski definition) is 3. The van der Waals surface area contributed by atoms with Crippen LogP contribution >= 0.6 is 0 Å². The van der Waals surface area contributed by atoms with E-state index in [1.807, 2.05) is 32.1 Å². The summed E-state index contributed by atoms with van der Waals surface area (Å²) in [6.45, 7) is 5.00. The van der Waals surface area contributed by atoms with Gasteiger partial charge in [0.2, 0.25) is 0 Å². The average Bonchev–Trinajstić information content (AvgIpc) is 2.24. The summed E-state index contributed by atoms with van der Waals surface area (Å²) in [5, 5.41) is 9.16. The molecule has 0 atom stereocenters. The maximum Gasteiger partial charge on any atom is 0.163 e. The molecule has 1 fully saturated rings. The molecule has 1 heterocycles. The highest BCUT2D eigenvalue weighted by molar-refractivity contribution is 5.54. The maximum atomic E-state index is 9.16. The lowest BCUT2D eigenvalue weighted by Crippen LogP contribution is -2.35. The standard InChI is InChI=1S/C13H16O3/c1-13(2)15-8-11(9-16-13)7-10-3-5-12(14)6-4-10/h3-7,14H,8-9H2,1-2H3. The van der Waals surface area contributed by atoms with Crippen molar-refractivity contribution in [1.29, 1.82) is 0 Å². The number of rotatable bonds is 1. The zero-order chi connectivity index (χ0) is 11.6. The lowest BCUT2D eigenvalue weighted by molar-refractivity contribution is -0.225. The summed E-state index contributed by atoms with van der Waals surface area (Å²) in [5.41, 5.74) is 2.14. The Morgan fingerprint density at radius 2 is 1.69 bits per heavy atom. The molecule has 0 aromatic heterocycles. The summed E-state index contributed by atoms with van der Waals surface area (Å²) < 4.78 is 11.1. The molecule has 3 heteroatoms. The van der Waals surface area contributed by atoms with Crippen LogP contribution in [0.1, 0.15) is 19.4 Å². The van der Waals surface area contributed by atoms with Gasteiger partial charge in [-0.25, -0.2) is 0 Å². The lowest BCUT2D eigenvalue weighted by atomic mass is 10.1. The third-order valence-corrected chi connectivity index (χ3v) is 2.47. The van der Waals surface area contributed by atoms with Crippen molar-refractivity contribution in [1.82, 2.24) is 0 Å². The van der Waals surface area contributed by atoms with Gasteiger partial charge in [0.1, 0.15) is 5.75 Å². The first kappa shape index (κ1) is 11.2. The molecule has 0 bridgehead atoms. The van der Waals surface area contributed by atoms with E-state index in [-0.39, 0.29) is 5.75 Å². The van der Waals surface area contributed by atoms with E-state index >= 15 is 0 Å². The Kier molecular flexibility index (Phi) is 2.99. The van der Waals surface area contributed by atoms with Crippen LogP contribution in [0.2, 0.25) is 0 Å². The van der Waals surface area contributed by atoms with Crippen molar-refractivity contribution in [3.63, 3.8) is 0 Å². The lowest BCUT2D eigenvalue weighted by Gasteiger charge is -2.31. The summed E-state index contributed by atoms with van der Waals surface area (Å²) in [6.07, 6.45) is 2.02. The molecule has 0 saturated carbocycles. The predicted molar refractivity (Wildman–Crippen MR) is 62.1 cm³/mol. The van der Waals surface area contributed by atoms with Gasteiger partial charge in [-0.3, -0.25) is 0 Å². The second-order valence-electron chi connectivity index (χ2n) is 4.37. The molecule has 0 amide bonds. The number of aromatic hydroxyl groups is 1. The Bertz CT molecular complexity index is 378. The van der Waals surface area contributed by atoms with Crippen LogP contribution in [-0.4, -0.2) is 24.1 Å². The fourth-order valence-electron chi connectivity index (χ4n) is 1.51. The van der Waals surface area contributed by atoms with Crippen molar-refractivity contribution in [2.45, 2.75) is 19.6 Å². The summed E-state index contributed by atoms with van der Waals surface area (Å²) in [5.74, 6) is -0.203. The van der Waals surface area contributed by atoms with E-state index < -0.39 is 5.79 Å². The first-order valence-electron chi connectivity index (χ1n) is 5.32. The number of phenolic OH excluding ortho intramolecular Hbond substituents is 1. The second-order valence-corrected chi connectivity index (χ2v) is 4.37. The van der Waals surface area contributed by atoms with Crippen LogP contribution in [0.5, 0.6) is 5.75 Å². The minimum Gasteiger partial charge on any atom is -0.508 e. The fraction of sp³-hybridized carbons (Fsp3) is 0.385. The van der Waals surface area contributed by atoms with Gasteiger partial charge in [-0.15, -0.1) is 0 Å². The van der Waals surface area contributed by atoms with Gasteiger partial charge in [0.15, 0.2) is 5.79 Å². The molecule has 1 aromatic rings. The molecule has 0 unspecified atom stereocenters. The Morgan fingerprint density at radius 3 is 2.25 bits per heavy atom. The average molecular weight is 220 g/mol. The molecule has 86 valence electrons. The van der Waals surface area contributed by atoms with E-state index in [1.165, 1.54) is 0 Å². The predicted octanol–water partition coefficient (Wildman–Crippen LogP) is 2.56. The van der Waals surface area contributed by atoms with Gasteiger partial charge in [0.05, 0.1) is 13.2 Å². The van der Waals surface area contributed by atoms with Crippen LogP contribution in [0, 0.1) is 0 Å². The van der Waals surface area contributed by atoms with Crippen LogP contribution in [-0.2, 0) is 9.47 Å². The van der Waals surface area contributed by atoms with E-state index in [2.05, 4.69) is 0 Å². The first-order chi connectivity index (χ1) is 7.55. The Labute approximate surface area is 95.3 Å². The minimum absolute atomic E-state index is 0.277. The monoisotopic (exact) mass is 220 g/mol. The van der Waals surface area contributed by atoms with Crippen LogP contribution in [0.3, 0.4) is 0 Å². The molecule has 1 N–H and O–H groups in total. The van der Waals surface area contributed by atoms with Crippen molar-refractivity contribution in [2.75, 3.05) is 13.2 Å². The van der Waals surface area contributed by atoms with Gasteiger partial charge >= 0.3 is 0 Å². The molecular formula is C13H16O3. The number of hydrogen-bond donors (Lipinski definition) is 1. The van der Waals surface area contributed by atoms with Crippen LogP contribution < -0.4 is 0 Å². The first-order valence-corrected chi connectivity index (χ1v) is 5.32. The molecule has 1 saturated heterocycles. The SMILES string of the molecule is CC1(C)OCC(=Cc2ccc(O)cc2)CO1. The van der Waals surface area contributed by atoms with Crippen molar-refractivity contribution >= 4 is 6.08 Å². The van der Waals surface area contributed by atoms with Crippen molar-refractivity contribution < 1.29 is 14.6 Å². The highest BCUT2D eigenvalue weighted by Gasteiger charge is 2.24. The third-order valence-electron chi connectivity index (χ3n) is 2.47. The summed E-state index contributed by atoms with van der Waals surface area (Å²) >= 11 is 0. The number of ether oxygens (including phenoxy) is 2. The Balaban J connectivity index is 2.06. The molecule has 2 rings (SSSR count). The summed E-state index contributed by atoms with van der Waals surface area (Å²) in [6, 6.07) is 7.06. The molecule has 16 heavy (non-hydrogen) atoms. The van der Waals surface area contributed by atoms with E-state index in [1.54, 1.807) is 12.1 Å². The fourth-order valence-corrected chi connectivity index (χ4v) is 1.51. The summed E-state index contributed by atoms with van der Waals surface area (Å²) in [7, 11) is 0. The zero-order valence-electron chi connectivity index (χ0n) is 9.56. The van der Waals surface area contributed by atoms with E-state index in [9.17, 15) is 0 Å². The molecule has 1 aliphatic heterocycles. The van der Waals surface area contributed by atoms with Gasteiger partial charge in [0.25, 0.3) is 0 Å². The van der Waals surface area contributed by atoms with E-state index in [4.69, 9.17) is 14.6 Å². The number of benzene rings is 1. The molecule has 0 aliphatic carbocycles.